The SMILES string of the molecule is CCCN(CC(=O)O)C(=O)c1ccc(OC)cc1F. The number of benzene rings is 1. The van der Waals surface area contributed by atoms with E-state index in [0.29, 0.717) is 12.2 Å². The number of methoxy groups -OCH3 is 1. The fourth-order valence-corrected chi connectivity index (χ4v) is 1.65. The number of carbonyl (C=O) groups excluding carboxylic acids is 1. The summed E-state index contributed by atoms with van der Waals surface area (Å²) in [6, 6.07) is 3.85. The van der Waals surface area contributed by atoms with E-state index >= 15 is 0 Å². The van der Waals surface area contributed by atoms with Gasteiger partial charge in [0.25, 0.3) is 5.91 Å². The van der Waals surface area contributed by atoms with Crippen LogP contribution in [0.2, 0.25) is 0 Å². The van der Waals surface area contributed by atoms with Gasteiger partial charge in [-0.05, 0) is 18.6 Å². The number of hydrogen-bond acceptors (Lipinski definition) is 3. The molecule has 19 heavy (non-hydrogen) atoms. The lowest BCUT2D eigenvalue weighted by Crippen LogP contribution is -2.36. The maximum atomic E-state index is 13.8. The van der Waals surface area contributed by atoms with Crippen molar-refractivity contribution >= 4 is 11.9 Å². The Kier molecular flexibility index (Phi) is 5.29. The summed E-state index contributed by atoms with van der Waals surface area (Å²) >= 11 is 0. The summed E-state index contributed by atoms with van der Waals surface area (Å²) in [6.45, 7) is 1.63. The van der Waals surface area contributed by atoms with Gasteiger partial charge in [0, 0.05) is 12.6 Å². The lowest BCUT2D eigenvalue weighted by molar-refractivity contribution is -0.137. The molecule has 6 heteroatoms. The Bertz CT molecular complexity index is 476. The fourth-order valence-electron chi connectivity index (χ4n) is 1.65. The molecule has 0 saturated heterocycles. The van der Waals surface area contributed by atoms with Gasteiger partial charge in [0.1, 0.15) is 18.1 Å². The van der Waals surface area contributed by atoms with Crippen LogP contribution in [-0.2, 0) is 4.79 Å². The molecule has 0 aliphatic heterocycles. The summed E-state index contributed by atoms with van der Waals surface area (Å²) in [5.74, 6) is -2.19. The summed E-state index contributed by atoms with van der Waals surface area (Å²) in [6.07, 6.45) is 0.594. The van der Waals surface area contributed by atoms with E-state index in [4.69, 9.17) is 9.84 Å². The monoisotopic (exact) mass is 269 g/mol. The number of halogens is 1. The molecule has 0 atom stereocenters. The second kappa shape index (κ2) is 6.72. The first-order chi connectivity index (χ1) is 8.99. The highest BCUT2D eigenvalue weighted by Crippen LogP contribution is 2.17. The molecule has 1 aromatic rings. The van der Waals surface area contributed by atoms with Crippen molar-refractivity contribution in [2.24, 2.45) is 0 Å². The van der Waals surface area contributed by atoms with Gasteiger partial charge in [-0.3, -0.25) is 9.59 Å². The van der Waals surface area contributed by atoms with Crippen molar-refractivity contribution in [2.75, 3.05) is 20.2 Å². The Morgan fingerprint density at radius 2 is 2.11 bits per heavy atom. The van der Waals surface area contributed by atoms with Gasteiger partial charge >= 0.3 is 5.97 Å². The number of hydrogen-bond donors (Lipinski definition) is 1. The highest BCUT2D eigenvalue weighted by Gasteiger charge is 2.21. The van der Waals surface area contributed by atoms with Crippen LogP contribution in [0.15, 0.2) is 18.2 Å². The van der Waals surface area contributed by atoms with E-state index in [1.165, 1.54) is 19.2 Å². The van der Waals surface area contributed by atoms with Crippen LogP contribution in [0, 0.1) is 5.82 Å². The van der Waals surface area contributed by atoms with Crippen molar-refractivity contribution in [3.05, 3.63) is 29.6 Å². The standard InChI is InChI=1S/C13H16FNO4/c1-3-6-15(8-12(16)17)13(18)10-5-4-9(19-2)7-11(10)14/h4-5,7H,3,6,8H2,1-2H3,(H,16,17). The van der Waals surface area contributed by atoms with E-state index in [9.17, 15) is 14.0 Å². The van der Waals surface area contributed by atoms with Crippen molar-refractivity contribution in [3.8, 4) is 5.75 Å². The topological polar surface area (TPSA) is 66.8 Å². The zero-order valence-corrected chi connectivity index (χ0v) is 10.9. The quantitative estimate of drug-likeness (QED) is 0.854. The van der Waals surface area contributed by atoms with Gasteiger partial charge in [-0.25, -0.2) is 4.39 Å². The summed E-state index contributed by atoms with van der Waals surface area (Å²) in [5, 5.41) is 8.75. The second-order valence-electron chi connectivity index (χ2n) is 3.97. The molecule has 0 fully saturated rings. The first kappa shape index (κ1) is 14.9. The second-order valence-corrected chi connectivity index (χ2v) is 3.97. The molecule has 0 aromatic heterocycles. The molecular formula is C13H16FNO4. The van der Waals surface area contributed by atoms with Crippen LogP contribution in [0.1, 0.15) is 23.7 Å². The predicted molar refractivity (Wildman–Crippen MR) is 66.8 cm³/mol. The molecule has 0 aliphatic carbocycles. The molecular weight excluding hydrogens is 253 g/mol. The number of rotatable bonds is 6. The maximum Gasteiger partial charge on any atom is 0.323 e. The van der Waals surface area contributed by atoms with Crippen molar-refractivity contribution in [1.82, 2.24) is 4.90 Å². The number of carboxylic acid groups (broad SMARTS) is 1. The van der Waals surface area contributed by atoms with Gasteiger partial charge in [0.2, 0.25) is 0 Å². The Labute approximate surface area is 110 Å². The fraction of sp³-hybridized carbons (Fsp3) is 0.385. The molecule has 1 N–H and O–H groups in total. The van der Waals surface area contributed by atoms with Crippen molar-refractivity contribution in [3.63, 3.8) is 0 Å². The molecule has 1 rings (SSSR count). The van der Waals surface area contributed by atoms with Crippen LogP contribution in [-0.4, -0.2) is 42.1 Å². The molecule has 0 unspecified atom stereocenters. The number of carbonyl (C=O) groups is 2. The van der Waals surface area contributed by atoms with Gasteiger partial charge in [-0.2, -0.15) is 0 Å². The average Bonchev–Trinajstić information content (AvgIpc) is 2.36. The highest BCUT2D eigenvalue weighted by atomic mass is 19.1. The Hall–Kier alpha value is -2.11. The van der Waals surface area contributed by atoms with E-state index in [2.05, 4.69) is 0 Å². The van der Waals surface area contributed by atoms with Gasteiger partial charge in [-0.1, -0.05) is 6.92 Å². The molecule has 0 heterocycles. The normalized spacial score (nSPS) is 10.1. The van der Waals surface area contributed by atoms with Crippen LogP contribution in [0.4, 0.5) is 4.39 Å². The zero-order valence-electron chi connectivity index (χ0n) is 10.9. The average molecular weight is 269 g/mol. The summed E-state index contributed by atoms with van der Waals surface area (Å²) in [7, 11) is 1.39. The minimum atomic E-state index is -1.13. The molecule has 0 bridgehead atoms. The minimum Gasteiger partial charge on any atom is -0.497 e. The number of amides is 1. The molecule has 0 saturated carbocycles. The van der Waals surface area contributed by atoms with Crippen molar-refractivity contribution < 1.29 is 23.8 Å². The molecule has 1 aromatic carbocycles. The number of carboxylic acids is 1. The third-order valence-electron chi connectivity index (χ3n) is 2.51. The first-order valence-corrected chi connectivity index (χ1v) is 5.84. The van der Waals surface area contributed by atoms with Gasteiger partial charge < -0.3 is 14.7 Å². The van der Waals surface area contributed by atoms with Gasteiger partial charge in [0.05, 0.1) is 12.7 Å². The first-order valence-electron chi connectivity index (χ1n) is 5.84. The lowest BCUT2D eigenvalue weighted by atomic mass is 10.1. The van der Waals surface area contributed by atoms with Crippen LogP contribution < -0.4 is 4.74 Å². The van der Waals surface area contributed by atoms with E-state index in [1.54, 1.807) is 0 Å². The van der Waals surface area contributed by atoms with Crippen LogP contribution >= 0.6 is 0 Å². The summed E-state index contributed by atoms with van der Waals surface area (Å²) in [5.41, 5.74) is -0.157. The smallest absolute Gasteiger partial charge is 0.323 e. The highest BCUT2D eigenvalue weighted by molar-refractivity contribution is 5.96. The Balaban J connectivity index is 2.98. The van der Waals surface area contributed by atoms with E-state index in [1.807, 2.05) is 6.92 Å². The predicted octanol–water partition coefficient (Wildman–Crippen LogP) is 1.77. The number of nitrogens with zero attached hydrogens (tertiary/aromatic N) is 1. The largest absolute Gasteiger partial charge is 0.497 e. The number of ether oxygens (including phenoxy) is 1. The van der Waals surface area contributed by atoms with Crippen molar-refractivity contribution in [2.45, 2.75) is 13.3 Å². The Morgan fingerprint density at radius 3 is 2.58 bits per heavy atom. The number of aliphatic carboxylic acids is 1. The van der Waals surface area contributed by atoms with E-state index in [0.717, 1.165) is 11.0 Å². The van der Waals surface area contributed by atoms with Crippen LogP contribution in [0.25, 0.3) is 0 Å². The van der Waals surface area contributed by atoms with Gasteiger partial charge in [0.15, 0.2) is 0 Å². The van der Waals surface area contributed by atoms with E-state index < -0.39 is 24.2 Å². The molecule has 5 nitrogen and oxygen atoms in total. The molecule has 104 valence electrons. The Morgan fingerprint density at radius 1 is 1.42 bits per heavy atom. The third kappa shape index (κ3) is 3.94. The summed E-state index contributed by atoms with van der Waals surface area (Å²) < 4.78 is 18.6. The molecule has 0 spiro atoms. The maximum absolute atomic E-state index is 13.8. The lowest BCUT2D eigenvalue weighted by Gasteiger charge is -2.20. The van der Waals surface area contributed by atoms with Gasteiger partial charge in [-0.15, -0.1) is 0 Å². The molecule has 1 amide bonds. The molecule has 0 radical (unpaired) electrons. The van der Waals surface area contributed by atoms with Crippen LogP contribution in [0.5, 0.6) is 5.75 Å². The zero-order chi connectivity index (χ0) is 14.4. The minimum absolute atomic E-state index is 0.157. The molecule has 0 aliphatic rings. The van der Waals surface area contributed by atoms with Crippen LogP contribution in [0.3, 0.4) is 0 Å². The van der Waals surface area contributed by atoms with E-state index in [-0.39, 0.29) is 12.1 Å². The van der Waals surface area contributed by atoms with Crippen molar-refractivity contribution in [1.29, 1.82) is 0 Å². The summed E-state index contributed by atoms with van der Waals surface area (Å²) in [4.78, 5) is 23.9. The third-order valence-corrected chi connectivity index (χ3v) is 2.51.